The third-order valence-electron chi connectivity index (χ3n) is 5.07. The summed E-state index contributed by atoms with van der Waals surface area (Å²) in [7, 11) is 4.40. The Morgan fingerprint density at radius 1 is 1.17 bits per heavy atom. The summed E-state index contributed by atoms with van der Waals surface area (Å²) in [5.41, 5.74) is 3.32. The average molecular weight is 243 g/mol. The number of hydrogen-bond acceptors (Lipinski definition) is 1. The molecule has 2 aliphatic rings. The van der Waals surface area contributed by atoms with Gasteiger partial charge in [-0.1, -0.05) is 37.1 Å². The Morgan fingerprint density at radius 2 is 2.00 bits per heavy atom. The van der Waals surface area contributed by atoms with E-state index in [1.165, 1.54) is 38.6 Å². The summed E-state index contributed by atoms with van der Waals surface area (Å²) in [6, 6.07) is 9.18. The van der Waals surface area contributed by atoms with Crippen LogP contribution in [0.15, 0.2) is 24.3 Å². The first-order chi connectivity index (χ1) is 8.75. The van der Waals surface area contributed by atoms with Crippen molar-refractivity contribution >= 4 is 0 Å². The van der Waals surface area contributed by atoms with Crippen molar-refractivity contribution in [3.8, 4) is 0 Å². The predicted molar refractivity (Wildman–Crippen MR) is 76.9 cm³/mol. The number of nitrogens with zero attached hydrogens (tertiary/aromatic N) is 1. The lowest BCUT2D eigenvalue weighted by Crippen LogP contribution is -2.27. The topological polar surface area (TPSA) is 3.24 Å². The highest BCUT2D eigenvalue weighted by Crippen LogP contribution is 2.49. The van der Waals surface area contributed by atoms with Crippen LogP contribution in [0, 0.1) is 11.8 Å². The van der Waals surface area contributed by atoms with Crippen molar-refractivity contribution in [3.05, 3.63) is 35.4 Å². The second-order valence-electron chi connectivity index (χ2n) is 6.46. The maximum atomic E-state index is 2.38. The minimum absolute atomic E-state index is 0.877. The zero-order chi connectivity index (χ0) is 12.5. The van der Waals surface area contributed by atoms with Crippen LogP contribution >= 0.6 is 0 Å². The first-order valence-corrected chi connectivity index (χ1v) is 7.48. The summed E-state index contributed by atoms with van der Waals surface area (Å²) < 4.78 is 0. The summed E-state index contributed by atoms with van der Waals surface area (Å²) in [5.74, 6) is 2.77. The smallest absolute Gasteiger partial charge is 0.00221 e. The predicted octanol–water partition coefficient (Wildman–Crippen LogP) is 3.69. The van der Waals surface area contributed by atoms with E-state index in [1.807, 2.05) is 0 Å². The molecule has 1 nitrogen and oxygen atoms in total. The molecule has 0 N–H and O–H groups in total. The van der Waals surface area contributed by atoms with Crippen LogP contribution in [0.25, 0.3) is 0 Å². The summed E-state index contributed by atoms with van der Waals surface area (Å²) in [4.78, 5) is 2.34. The van der Waals surface area contributed by atoms with Crippen molar-refractivity contribution in [1.82, 2.24) is 4.90 Å². The fourth-order valence-corrected chi connectivity index (χ4v) is 4.17. The highest BCUT2D eigenvalue weighted by molar-refractivity contribution is 5.37. The minimum Gasteiger partial charge on any atom is -0.309 e. The van der Waals surface area contributed by atoms with Gasteiger partial charge in [-0.2, -0.15) is 0 Å². The van der Waals surface area contributed by atoms with E-state index in [-0.39, 0.29) is 0 Å². The maximum Gasteiger partial charge on any atom is -0.00221 e. The summed E-state index contributed by atoms with van der Waals surface area (Å²) >= 11 is 0. The molecule has 0 saturated heterocycles. The van der Waals surface area contributed by atoms with Crippen LogP contribution < -0.4 is 0 Å². The van der Waals surface area contributed by atoms with E-state index in [1.54, 1.807) is 11.1 Å². The lowest BCUT2D eigenvalue weighted by Gasteiger charge is -2.35. The maximum absolute atomic E-state index is 2.38. The second kappa shape index (κ2) is 5.05. The van der Waals surface area contributed by atoms with Gasteiger partial charge in [-0.3, -0.25) is 0 Å². The van der Waals surface area contributed by atoms with Crippen LogP contribution in [0.4, 0.5) is 0 Å². The monoisotopic (exact) mass is 243 g/mol. The summed E-state index contributed by atoms with van der Waals surface area (Å²) in [5, 5.41) is 0. The van der Waals surface area contributed by atoms with Crippen LogP contribution in [0.2, 0.25) is 0 Å². The van der Waals surface area contributed by atoms with E-state index in [0.717, 1.165) is 17.8 Å². The van der Waals surface area contributed by atoms with Gasteiger partial charge in [0, 0.05) is 0 Å². The van der Waals surface area contributed by atoms with E-state index >= 15 is 0 Å². The van der Waals surface area contributed by atoms with E-state index in [2.05, 4.69) is 43.3 Å². The Kier molecular flexibility index (Phi) is 3.43. The van der Waals surface area contributed by atoms with Crippen molar-refractivity contribution < 1.29 is 0 Å². The zero-order valence-corrected chi connectivity index (χ0v) is 11.7. The van der Waals surface area contributed by atoms with Crippen LogP contribution in [-0.2, 0) is 6.42 Å². The van der Waals surface area contributed by atoms with E-state index in [9.17, 15) is 0 Å². The first-order valence-electron chi connectivity index (χ1n) is 7.48. The fraction of sp³-hybridized carbons (Fsp3) is 0.647. The van der Waals surface area contributed by atoms with E-state index < -0.39 is 0 Å². The van der Waals surface area contributed by atoms with Gasteiger partial charge in [0.25, 0.3) is 0 Å². The van der Waals surface area contributed by atoms with Gasteiger partial charge in [-0.25, -0.2) is 0 Å². The van der Waals surface area contributed by atoms with Crippen molar-refractivity contribution in [1.29, 1.82) is 0 Å². The molecule has 0 spiro atoms. The van der Waals surface area contributed by atoms with Gasteiger partial charge in [-0.15, -0.1) is 0 Å². The number of hydrogen-bond donors (Lipinski definition) is 0. The standard InChI is InChI=1S/C17H25N/c1-18(2)11-10-13-7-5-9-16-15-8-4-3-6-14(15)12-17(13)16/h3-4,6,8,13,16-17H,5,7,9-12H2,1-2H3. The molecule has 0 amide bonds. The van der Waals surface area contributed by atoms with Crippen LogP contribution in [0.1, 0.15) is 42.7 Å². The van der Waals surface area contributed by atoms with Gasteiger partial charge >= 0.3 is 0 Å². The first kappa shape index (κ1) is 12.2. The molecule has 0 bridgehead atoms. The Morgan fingerprint density at radius 3 is 2.83 bits per heavy atom. The molecule has 1 aromatic carbocycles. The Bertz CT molecular complexity index is 410. The van der Waals surface area contributed by atoms with E-state index in [4.69, 9.17) is 0 Å². The summed E-state index contributed by atoms with van der Waals surface area (Å²) in [6.45, 7) is 1.25. The van der Waals surface area contributed by atoms with Crippen molar-refractivity contribution in [2.75, 3.05) is 20.6 Å². The Hall–Kier alpha value is -0.820. The van der Waals surface area contributed by atoms with Crippen LogP contribution in [0.5, 0.6) is 0 Å². The average Bonchev–Trinajstić information content (AvgIpc) is 2.75. The molecule has 1 fully saturated rings. The fourth-order valence-electron chi connectivity index (χ4n) is 4.17. The number of rotatable bonds is 3. The third kappa shape index (κ3) is 2.21. The molecular weight excluding hydrogens is 218 g/mol. The molecule has 1 aromatic rings. The summed E-state index contributed by atoms with van der Waals surface area (Å²) in [6.07, 6.45) is 7.07. The van der Waals surface area contributed by atoms with Gasteiger partial charge in [0.15, 0.2) is 0 Å². The van der Waals surface area contributed by atoms with Crippen molar-refractivity contribution in [2.45, 2.75) is 38.0 Å². The molecule has 0 aromatic heterocycles. The zero-order valence-electron chi connectivity index (χ0n) is 11.7. The highest BCUT2D eigenvalue weighted by atomic mass is 15.0. The second-order valence-corrected chi connectivity index (χ2v) is 6.46. The largest absolute Gasteiger partial charge is 0.309 e. The van der Waals surface area contributed by atoms with Gasteiger partial charge in [0.1, 0.15) is 0 Å². The van der Waals surface area contributed by atoms with Crippen molar-refractivity contribution in [3.63, 3.8) is 0 Å². The van der Waals surface area contributed by atoms with Gasteiger partial charge < -0.3 is 4.90 Å². The molecule has 1 heteroatoms. The van der Waals surface area contributed by atoms with Gasteiger partial charge in [0.05, 0.1) is 0 Å². The van der Waals surface area contributed by atoms with Crippen molar-refractivity contribution in [2.24, 2.45) is 11.8 Å². The quantitative estimate of drug-likeness (QED) is 0.782. The molecule has 3 atom stereocenters. The SMILES string of the molecule is CN(C)CCC1CCCC2c3ccccc3CC12. The normalized spacial score (nSPS) is 30.3. The third-order valence-corrected chi connectivity index (χ3v) is 5.07. The molecular formula is C17H25N. The molecule has 0 aliphatic heterocycles. The van der Waals surface area contributed by atoms with Crippen LogP contribution in [-0.4, -0.2) is 25.5 Å². The minimum atomic E-state index is 0.877. The molecule has 3 unspecified atom stereocenters. The lowest BCUT2D eigenvalue weighted by molar-refractivity contribution is 0.190. The molecule has 18 heavy (non-hydrogen) atoms. The molecule has 0 radical (unpaired) electrons. The van der Waals surface area contributed by atoms with Crippen LogP contribution in [0.3, 0.4) is 0 Å². The molecule has 0 heterocycles. The molecule has 98 valence electrons. The van der Waals surface area contributed by atoms with E-state index in [0.29, 0.717) is 0 Å². The number of benzene rings is 1. The van der Waals surface area contributed by atoms with Gasteiger partial charge in [0.2, 0.25) is 0 Å². The highest BCUT2D eigenvalue weighted by Gasteiger charge is 2.39. The molecule has 2 aliphatic carbocycles. The molecule has 3 rings (SSSR count). The lowest BCUT2D eigenvalue weighted by atomic mass is 9.71. The Labute approximate surface area is 111 Å². The molecule has 1 saturated carbocycles. The van der Waals surface area contributed by atoms with Gasteiger partial charge in [-0.05, 0) is 68.8 Å². The Balaban J connectivity index is 1.75. The number of fused-ring (bicyclic) bond motifs is 3.